The van der Waals surface area contributed by atoms with Crippen LogP contribution in [0.25, 0.3) is 11.9 Å². The Morgan fingerprint density at radius 3 is 2.55 bits per heavy atom. The Bertz CT molecular complexity index is 766. The molecule has 0 unspecified atom stereocenters. The van der Waals surface area contributed by atoms with Crippen LogP contribution in [0, 0.1) is 0 Å². The second kappa shape index (κ2) is 4.66. The maximum absolute atomic E-state index is 11.0. The highest BCUT2D eigenvalue weighted by Crippen LogP contribution is 2.08. The first-order chi connectivity index (χ1) is 9.63. The van der Waals surface area contributed by atoms with E-state index in [0.29, 0.717) is 0 Å². The summed E-state index contributed by atoms with van der Waals surface area (Å²) in [5, 5.41) is 7.77. The Labute approximate surface area is 116 Å². The van der Waals surface area contributed by atoms with Crippen LogP contribution in [-0.2, 0) is 0 Å². The van der Waals surface area contributed by atoms with Crippen LogP contribution >= 0.6 is 11.6 Å². The lowest BCUT2D eigenvalue weighted by Crippen LogP contribution is -2.13. The summed E-state index contributed by atoms with van der Waals surface area (Å²) >= 11 is 5.83. The predicted octanol–water partition coefficient (Wildman–Crippen LogP) is -0.610. The van der Waals surface area contributed by atoms with Gasteiger partial charge in [0, 0.05) is 6.20 Å². The normalized spacial score (nSPS) is 10.7. The molecule has 0 saturated heterocycles. The Morgan fingerprint density at radius 1 is 1.20 bits per heavy atom. The molecule has 0 atom stereocenters. The molecule has 3 rings (SSSR count). The van der Waals surface area contributed by atoms with Gasteiger partial charge in [-0.3, -0.25) is 4.79 Å². The molecule has 11 heteroatoms. The van der Waals surface area contributed by atoms with Gasteiger partial charge in [-0.1, -0.05) is 0 Å². The first-order valence-corrected chi connectivity index (χ1v) is 5.64. The van der Waals surface area contributed by atoms with E-state index in [1.54, 1.807) is 0 Å². The Balaban J connectivity index is 2.07. The third-order valence-electron chi connectivity index (χ3n) is 2.25. The zero-order chi connectivity index (χ0) is 14.1. The molecule has 0 spiro atoms. The molecule has 0 aliphatic carbocycles. The van der Waals surface area contributed by atoms with Crippen molar-refractivity contribution < 1.29 is 4.79 Å². The standard InChI is InChI=1S/C9H6ClN9O/c10-7-14-8(18-2-1-5(17-18)6(11)20)16-9(15-7)19-4-12-3-13-19/h1-4H,(H2,11,20). The highest BCUT2D eigenvalue weighted by molar-refractivity contribution is 6.28. The number of rotatable bonds is 3. The lowest BCUT2D eigenvalue weighted by molar-refractivity contribution is 0.0995. The van der Waals surface area contributed by atoms with Crippen LogP contribution in [0.1, 0.15) is 10.5 Å². The van der Waals surface area contributed by atoms with Crippen molar-refractivity contribution in [1.82, 2.24) is 39.5 Å². The summed E-state index contributed by atoms with van der Waals surface area (Å²) in [7, 11) is 0. The van der Waals surface area contributed by atoms with Gasteiger partial charge in [-0.15, -0.1) is 0 Å². The van der Waals surface area contributed by atoms with Gasteiger partial charge in [-0.05, 0) is 17.7 Å². The number of primary amides is 1. The maximum atomic E-state index is 11.0. The average Bonchev–Trinajstić information content (AvgIpc) is 3.10. The SMILES string of the molecule is NC(=O)c1ccn(-c2nc(Cl)nc(-n3cncn3)n2)n1. The second-order valence-electron chi connectivity index (χ2n) is 3.55. The molecule has 3 heterocycles. The number of amides is 1. The van der Waals surface area contributed by atoms with Crippen LogP contribution in [0.2, 0.25) is 5.28 Å². The van der Waals surface area contributed by atoms with Crippen molar-refractivity contribution in [1.29, 1.82) is 0 Å². The molecule has 0 bridgehead atoms. The molecule has 100 valence electrons. The fourth-order valence-corrected chi connectivity index (χ4v) is 1.56. The van der Waals surface area contributed by atoms with E-state index in [2.05, 4.69) is 30.1 Å². The monoisotopic (exact) mass is 291 g/mol. The Kier molecular flexibility index (Phi) is 2.84. The van der Waals surface area contributed by atoms with Gasteiger partial charge >= 0.3 is 0 Å². The molecule has 0 fully saturated rings. The largest absolute Gasteiger partial charge is 0.364 e. The van der Waals surface area contributed by atoms with E-state index in [1.165, 1.54) is 34.3 Å². The quantitative estimate of drug-likeness (QED) is 0.681. The number of carbonyl (C=O) groups excluding carboxylic acids is 1. The first kappa shape index (κ1) is 12.2. The van der Waals surface area contributed by atoms with Crippen LogP contribution in [0.3, 0.4) is 0 Å². The fraction of sp³-hybridized carbons (Fsp3) is 0. The molecule has 20 heavy (non-hydrogen) atoms. The number of carbonyl (C=O) groups is 1. The average molecular weight is 292 g/mol. The van der Waals surface area contributed by atoms with Gasteiger partial charge in [-0.25, -0.2) is 9.67 Å². The summed E-state index contributed by atoms with van der Waals surface area (Å²) in [6.45, 7) is 0. The molecule has 1 amide bonds. The first-order valence-electron chi connectivity index (χ1n) is 5.26. The zero-order valence-electron chi connectivity index (χ0n) is 9.75. The lowest BCUT2D eigenvalue weighted by Gasteiger charge is -2.03. The summed E-state index contributed by atoms with van der Waals surface area (Å²) in [6, 6.07) is 1.44. The van der Waals surface area contributed by atoms with Gasteiger partial charge in [0.1, 0.15) is 18.3 Å². The summed E-state index contributed by atoms with van der Waals surface area (Å²) in [6.07, 6.45) is 4.22. The molecule has 0 radical (unpaired) electrons. The van der Waals surface area contributed by atoms with E-state index >= 15 is 0 Å². The van der Waals surface area contributed by atoms with Crippen LogP contribution in [0.4, 0.5) is 0 Å². The number of halogens is 1. The second-order valence-corrected chi connectivity index (χ2v) is 3.89. The van der Waals surface area contributed by atoms with Crippen molar-refractivity contribution >= 4 is 17.5 Å². The van der Waals surface area contributed by atoms with E-state index in [0.717, 1.165) is 0 Å². The van der Waals surface area contributed by atoms with Crippen molar-refractivity contribution in [3.8, 4) is 11.9 Å². The predicted molar refractivity (Wildman–Crippen MR) is 65.4 cm³/mol. The zero-order valence-corrected chi connectivity index (χ0v) is 10.5. The summed E-state index contributed by atoms with van der Waals surface area (Å²) in [5.41, 5.74) is 5.21. The topological polar surface area (TPSA) is 130 Å². The van der Waals surface area contributed by atoms with Gasteiger partial charge in [0.15, 0.2) is 0 Å². The summed E-state index contributed by atoms with van der Waals surface area (Å²) in [5.74, 6) is -0.350. The number of hydrogen-bond donors (Lipinski definition) is 1. The number of nitrogens with zero attached hydrogens (tertiary/aromatic N) is 8. The van der Waals surface area contributed by atoms with Crippen molar-refractivity contribution in [3.63, 3.8) is 0 Å². The minimum absolute atomic E-state index is 0.0448. The molecule has 0 aliphatic heterocycles. The molecule has 3 aromatic heterocycles. The third-order valence-corrected chi connectivity index (χ3v) is 2.42. The van der Waals surface area contributed by atoms with E-state index in [9.17, 15) is 4.79 Å². The van der Waals surface area contributed by atoms with Crippen LogP contribution in [0.5, 0.6) is 0 Å². The third kappa shape index (κ3) is 2.19. The van der Waals surface area contributed by atoms with Gasteiger partial charge in [-0.2, -0.15) is 29.8 Å². The van der Waals surface area contributed by atoms with Gasteiger partial charge in [0.05, 0.1) is 0 Å². The Hall–Kier alpha value is -2.88. The van der Waals surface area contributed by atoms with Crippen molar-refractivity contribution in [2.45, 2.75) is 0 Å². The lowest BCUT2D eigenvalue weighted by atomic mass is 10.4. The minimum atomic E-state index is -0.652. The van der Waals surface area contributed by atoms with E-state index in [1.807, 2.05) is 0 Å². The van der Waals surface area contributed by atoms with Gasteiger partial charge < -0.3 is 5.73 Å². The minimum Gasteiger partial charge on any atom is -0.364 e. The van der Waals surface area contributed by atoms with Crippen molar-refractivity contribution in [2.75, 3.05) is 0 Å². The number of nitrogens with two attached hydrogens (primary N) is 1. The summed E-state index contributed by atoms with van der Waals surface area (Å²) < 4.78 is 2.57. The molecule has 0 aliphatic rings. The fourth-order valence-electron chi connectivity index (χ4n) is 1.41. The smallest absolute Gasteiger partial charge is 0.269 e. The van der Waals surface area contributed by atoms with Crippen LogP contribution in [-0.4, -0.2) is 45.4 Å². The van der Waals surface area contributed by atoms with Crippen molar-refractivity contribution in [3.05, 3.63) is 35.9 Å². The van der Waals surface area contributed by atoms with Gasteiger partial charge in [0.25, 0.3) is 17.8 Å². The van der Waals surface area contributed by atoms with Gasteiger partial charge in [0.2, 0.25) is 5.28 Å². The van der Waals surface area contributed by atoms with Crippen LogP contribution < -0.4 is 5.73 Å². The van der Waals surface area contributed by atoms with Crippen LogP contribution in [0.15, 0.2) is 24.9 Å². The Morgan fingerprint density at radius 2 is 1.95 bits per heavy atom. The molecule has 0 aromatic carbocycles. The van der Waals surface area contributed by atoms with E-state index in [4.69, 9.17) is 17.3 Å². The van der Waals surface area contributed by atoms with Crippen molar-refractivity contribution in [2.24, 2.45) is 5.73 Å². The molecular weight excluding hydrogens is 286 g/mol. The number of aromatic nitrogens is 8. The molecule has 2 N–H and O–H groups in total. The highest BCUT2D eigenvalue weighted by Gasteiger charge is 2.12. The van der Waals surface area contributed by atoms with E-state index < -0.39 is 5.91 Å². The molecule has 0 saturated carbocycles. The maximum Gasteiger partial charge on any atom is 0.269 e. The molecule has 3 aromatic rings. The number of hydrogen-bond acceptors (Lipinski definition) is 7. The highest BCUT2D eigenvalue weighted by atomic mass is 35.5. The van der Waals surface area contributed by atoms with E-state index in [-0.39, 0.29) is 22.9 Å². The summed E-state index contributed by atoms with van der Waals surface area (Å²) in [4.78, 5) is 26.7. The molecular formula is C9H6ClN9O. The molecule has 10 nitrogen and oxygen atoms in total.